The van der Waals surface area contributed by atoms with E-state index in [1.165, 1.54) is 19.1 Å². The largest absolute Gasteiger partial charge is 0.259 e. The molecule has 1 fully saturated rings. The highest BCUT2D eigenvalue weighted by atomic mass is 32.2. The van der Waals surface area contributed by atoms with Gasteiger partial charge in [-0.3, -0.25) is 4.21 Å². The smallest absolute Gasteiger partial charge is 0.147 e. The number of hydrogen-bond donors (Lipinski definition) is 0. The summed E-state index contributed by atoms with van der Waals surface area (Å²) < 4.78 is 33.9. The zero-order chi connectivity index (χ0) is 11.5. The molecular formula is C10H20O3S2. The van der Waals surface area contributed by atoms with E-state index in [0.29, 0.717) is 11.0 Å². The summed E-state index contributed by atoms with van der Waals surface area (Å²) in [6.45, 7) is 1.87. The van der Waals surface area contributed by atoms with Gasteiger partial charge >= 0.3 is 0 Å². The molecule has 0 aromatic carbocycles. The van der Waals surface area contributed by atoms with Crippen molar-refractivity contribution in [1.29, 1.82) is 0 Å². The Bertz CT molecular complexity index is 316. The van der Waals surface area contributed by atoms with Gasteiger partial charge in [-0.1, -0.05) is 19.8 Å². The van der Waals surface area contributed by atoms with Gasteiger partial charge in [-0.05, 0) is 18.8 Å². The summed E-state index contributed by atoms with van der Waals surface area (Å²) in [5, 5.41) is 0.326. The Labute approximate surface area is 95.0 Å². The van der Waals surface area contributed by atoms with E-state index >= 15 is 0 Å². The van der Waals surface area contributed by atoms with E-state index in [1.807, 2.05) is 6.92 Å². The second-order valence-corrected chi connectivity index (χ2v) is 8.60. The average molecular weight is 252 g/mol. The molecule has 1 rings (SSSR count). The van der Waals surface area contributed by atoms with Crippen LogP contribution in [-0.2, 0) is 20.6 Å². The third kappa shape index (κ3) is 5.11. The second kappa shape index (κ2) is 5.43. The molecule has 3 nitrogen and oxygen atoms in total. The van der Waals surface area contributed by atoms with Gasteiger partial charge in [0.05, 0.1) is 5.75 Å². The predicted molar refractivity (Wildman–Crippen MR) is 64.1 cm³/mol. The van der Waals surface area contributed by atoms with E-state index in [2.05, 4.69) is 0 Å². The molecule has 0 heterocycles. The fraction of sp³-hybridized carbons (Fsp3) is 1.00. The highest BCUT2D eigenvalue weighted by Crippen LogP contribution is 2.24. The maximum absolute atomic E-state index is 11.9. The first-order valence-corrected chi connectivity index (χ1v) is 8.87. The summed E-state index contributed by atoms with van der Waals surface area (Å²) >= 11 is 0. The minimum atomic E-state index is -2.93. The van der Waals surface area contributed by atoms with Crippen molar-refractivity contribution in [2.45, 2.75) is 37.9 Å². The molecule has 90 valence electrons. The molecule has 2 unspecified atom stereocenters. The lowest BCUT2D eigenvalue weighted by molar-refractivity contribution is 0.587. The van der Waals surface area contributed by atoms with Gasteiger partial charge in [-0.25, -0.2) is 8.42 Å². The molecule has 0 amide bonds. The highest BCUT2D eigenvalue weighted by Gasteiger charge is 2.23. The van der Waals surface area contributed by atoms with Crippen LogP contribution in [0, 0.1) is 5.92 Å². The molecule has 1 aliphatic carbocycles. The van der Waals surface area contributed by atoms with E-state index in [1.54, 1.807) is 0 Å². The van der Waals surface area contributed by atoms with Crippen molar-refractivity contribution >= 4 is 20.6 Å². The van der Waals surface area contributed by atoms with Gasteiger partial charge < -0.3 is 0 Å². The van der Waals surface area contributed by atoms with Crippen molar-refractivity contribution in [2.75, 3.05) is 17.8 Å². The third-order valence-electron chi connectivity index (χ3n) is 2.71. The fourth-order valence-electron chi connectivity index (χ4n) is 2.13. The highest BCUT2D eigenvalue weighted by molar-refractivity contribution is 7.90. The zero-order valence-corrected chi connectivity index (χ0v) is 11.1. The van der Waals surface area contributed by atoms with E-state index in [9.17, 15) is 12.6 Å². The van der Waals surface area contributed by atoms with Gasteiger partial charge in [0.25, 0.3) is 0 Å². The lowest BCUT2D eigenvalue weighted by Gasteiger charge is -2.13. The molecule has 1 aliphatic rings. The van der Waals surface area contributed by atoms with Crippen LogP contribution in [0.5, 0.6) is 0 Å². The molecule has 1 saturated carbocycles. The van der Waals surface area contributed by atoms with Crippen LogP contribution < -0.4 is 0 Å². The fourth-order valence-corrected chi connectivity index (χ4v) is 5.24. The normalized spacial score (nSPS) is 22.8. The van der Waals surface area contributed by atoms with Crippen molar-refractivity contribution in [2.24, 2.45) is 5.92 Å². The number of sulfone groups is 1. The molecule has 15 heavy (non-hydrogen) atoms. The summed E-state index contributed by atoms with van der Waals surface area (Å²) in [7, 11) is -3.75. The summed E-state index contributed by atoms with van der Waals surface area (Å²) in [6.07, 6.45) is 5.70. The quantitative estimate of drug-likeness (QED) is 0.742. The van der Waals surface area contributed by atoms with Crippen LogP contribution in [0.15, 0.2) is 0 Å². The first kappa shape index (κ1) is 13.2. The second-order valence-electron chi connectivity index (χ2n) is 4.65. The van der Waals surface area contributed by atoms with Gasteiger partial charge in [0.2, 0.25) is 0 Å². The molecule has 0 spiro atoms. The first-order chi connectivity index (χ1) is 6.88. The van der Waals surface area contributed by atoms with Gasteiger partial charge in [0.15, 0.2) is 0 Å². The lowest BCUT2D eigenvalue weighted by Crippen LogP contribution is -2.23. The summed E-state index contributed by atoms with van der Waals surface area (Å²) in [4.78, 5) is 0. The summed E-state index contributed by atoms with van der Waals surface area (Å²) in [5.41, 5.74) is 0. The SMILES string of the molecule is CC(CS(=O)C1CCCC1)CS(C)(=O)=O. The Balaban J connectivity index is 2.37. The maximum Gasteiger partial charge on any atom is 0.147 e. The monoisotopic (exact) mass is 252 g/mol. The Morgan fingerprint density at radius 3 is 2.33 bits per heavy atom. The Morgan fingerprint density at radius 2 is 1.87 bits per heavy atom. The van der Waals surface area contributed by atoms with Crippen LogP contribution in [0.4, 0.5) is 0 Å². The molecule has 0 radical (unpaired) electrons. The zero-order valence-electron chi connectivity index (χ0n) is 9.44. The van der Waals surface area contributed by atoms with Crippen LogP contribution in [0.25, 0.3) is 0 Å². The molecule has 0 aromatic heterocycles. The van der Waals surface area contributed by atoms with Crippen molar-refractivity contribution < 1.29 is 12.6 Å². The maximum atomic E-state index is 11.9. The summed E-state index contributed by atoms with van der Waals surface area (Å²) in [5.74, 6) is 0.713. The molecule has 2 atom stereocenters. The van der Waals surface area contributed by atoms with Gasteiger partial charge in [-0.2, -0.15) is 0 Å². The van der Waals surface area contributed by atoms with Gasteiger partial charge in [0.1, 0.15) is 9.84 Å². The first-order valence-electron chi connectivity index (χ1n) is 5.43. The van der Waals surface area contributed by atoms with E-state index in [0.717, 1.165) is 12.8 Å². The van der Waals surface area contributed by atoms with Crippen LogP contribution >= 0.6 is 0 Å². The van der Waals surface area contributed by atoms with Crippen molar-refractivity contribution in [3.05, 3.63) is 0 Å². The number of hydrogen-bond acceptors (Lipinski definition) is 3. The third-order valence-corrected chi connectivity index (χ3v) is 6.00. The van der Waals surface area contributed by atoms with Crippen molar-refractivity contribution in [3.63, 3.8) is 0 Å². The van der Waals surface area contributed by atoms with E-state index < -0.39 is 20.6 Å². The average Bonchev–Trinajstić information content (AvgIpc) is 2.50. The van der Waals surface area contributed by atoms with E-state index in [-0.39, 0.29) is 11.7 Å². The standard InChI is InChI=1S/C10H20O3S2/c1-9(8-15(2,12)13)7-14(11)10-5-3-4-6-10/h9-10H,3-8H2,1-2H3. The minimum absolute atomic E-state index is 0.0152. The molecule has 0 saturated heterocycles. The molecular weight excluding hydrogens is 232 g/mol. The van der Waals surface area contributed by atoms with Gasteiger partial charge in [-0.15, -0.1) is 0 Å². The van der Waals surface area contributed by atoms with Crippen LogP contribution in [0.1, 0.15) is 32.6 Å². The predicted octanol–water partition coefficient (Wildman–Crippen LogP) is 1.36. The number of rotatable bonds is 5. The van der Waals surface area contributed by atoms with Crippen molar-refractivity contribution in [1.82, 2.24) is 0 Å². The minimum Gasteiger partial charge on any atom is -0.259 e. The topological polar surface area (TPSA) is 51.2 Å². The molecule has 0 aliphatic heterocycles. The molecule has 0 aromatic rings. The Morgan fingerprint density at radius 1 is 1.33 bits per heavy atom. The summed E-state index contributed by atoms with van der Waals surface area (Å²) in [6, 6.07) is 0. The van der Waals surface area contributed by atoms with Crippen LogP contribution in [-0.4, -0.2) is 35.6 Å². The Kier molecular flexibility index (Phi) is 4.77. The lowest BCUT2D eigenvalue weighted by atomic mass is 10.3. The van der Waals surface area contributed by atoms with E-state index in [4.69, 9.17) is 0 Å². The molecule has 5 heteroatoms. The Hall–Kier alpha value is 0.1000. The van der Waals surface area contributed by atoms with Crippen LogP contribution in [0.2, 0.25) is 0 Å². The van der Waals surface area contributed by atoms with Crippen LogP contribution in [0.3, 0.4) is 0 Å². The van der Waals surface area contributed by atoms with Crippen molar-refractivity contribution in [3.8, 4) is 0 Å². The molecule has 0 bridgehead atoms. The molecule has 0 N–H and O–H groups in total. The van der Waals surface area contributed by atoms with Gasteiger partial charge in [0, 0.05) is 28.1 Å².